The lowest BCUT2D eigenvalue weighted by molar-refractivity contribution is -0.141. The first-order valence-corrected chi connectivity index (χ1v) is 16.9. The summed E-state index contributed by atoms with van der Waals surface area (Å²) in [5.74, 6) is -20.7. The summed E-state index contributed by atoms with van der Waals surface area (Å²) in [7, 11) is 0. The maximum absolute atomic E-state index is 15.2. The van der Waals surface area contributed by atoms with Crippen LogP contribution in [0.2, 0.25) is 0 Å². The number of hydrogen-bond acceptors (Lipinski definition) is 7. The predicted molar refractivity (Wildman–Crippen MR) is 168 cm³/mol. The summed E-state index contributed by atoms with van der Waals surface area (Å²) in [6, 6.07) is 7.75. The van der Waals surface area contributed by atoms with Gasteiger partial charge < -0.3 is 9.84 Å². The van der Waals surface area contributed by atoms with Gasteiger partial charge in [0, 0.05) is 22.8 Å². The number of likely N-dealkylation sites (tertiary alicyclic amines) is 1. The minimum atomic E-state index is -2.66. The first-order valence-electron chi connectivity index (χ1n) is 15.2. The Morgan fingerprint density at radius 2 is 1.62 bits per heavy atom. The van der Waals surface area contributed by atoms with Crippen LogP contribution in [0.15, 0.2) is 59.2 Å². The normalized spacial score (nSPS) is 30.1. The minimum Gasteiger partial charge on any atom is -0.508 e. The number of anilines is 1. The highest BCUT2D eigenvalue weighted by atomic mass is 35.5. The first kappa shape index (κ1) is 32.9. The van der Waals surface area contributed by atoms with E-state index in [-0.39, 0.29) is 35.6 Å². The molecule has 1 N–H and O–H groups in total. The topological polar surface area (TPSA) is 104 Å². The summed E-state index contributed by atoms with van der Waals surface area (Å²) < 4.78 is 79.2. The second kappa shape index (κ2) is 11.1. The number of benzene rings is 2. The van der Waals surface area contributed by atoms with Gasteiger partial charge in [0.2, 0.25) is 17.6 Å². The van der Waals surface area contributed by atoms with Crippen LogP contribution in [0.1, 0.15) is 23.3 Å². The second-order valence-corrected chi connectivity index (χ2v) is 15.1. The van der Waals surface area contributed by atoms with Crippen molar-refractivity contribution in [2.45, 2.75) is 35.6 Å². The lowest BCUT2D eigenvalue weighted by Gasteiger charge is -2.51. The monoisotopic (exact) mass is 750 g/mol. The van der Waals surface area contributed by atoms with E-state index in [0.717, 1.165) is 9.78 Å². The smallest absolute Gasteiger partial charge is 0.258 e. The number of imide groups is 2. The van der Waals surface area contributed by atoms with Gasteiger partial charge in [-0.15, -0.1) is 34.5 Å². The number of carbonyl (C=O) groups is 4. The molecule has 258 valence electrons. The van der Waals surface area contributed by atoms with Crippen molar-refractivity contribution < 1.29 is 51.0 Å². The van der Waals surface area contributed by atoms with Crippen molar-refractivity contribution >= 4 is 63.9 Å². The maximum atomic E-state index is 15.2. The Morgan fingerprint density at radius 1 is 0.920 bits per heavy atom. The van der Waals surface area contributed by atoms with Crippen molar-refractivity contribution in [3.05, 3.63) is 98.7 Å². The van der Waals surface area contributed by atoms with Crippen molar-refractivity contribution in [3.63, 3.8) is 0 Å². The molecule has 3 fully saturated rings. The molecule has 3 aliphatic heterocycles. The number of hydrogen-bond donors (Lipinski definition) is 1. The predicted octanol–water partition coefficient (Wildman–Crippen LogP) is 6.26. The number of phenolic OH excluding ortho intramolecular Hbond substituents is 1. The average Bonchev–Trinajstić information content (AvgIpc) is 3.74. The number of amides is 4. The fraction of sp³-hybridized carbons (Fsp3) is 0.294. The molecule has 3 aromatic rings. The number of fused-ring (bicyclic) bond motifs is 5. The van der Waals surface area contributed by atoms with E-state index in [4.69, 9.17) is 27.9 Å². The number of aromatic hydroxyl groups is 1. The van der Waals surface area contributed by atoms with Crippen LogP contribution in [0, 0.1) is 52.8 Å². The molecule has 8 rings (SSSR count). The Labute approximate surface area is 293 Å². The van der Waals surface area contributed by atoms with Crippen LogP contribution in [0.25, 0.3) is 0 Å². The van der Waals surface area contributed by atoms with E-state index in [9.17, 15) is 37.5 Å². The molecule has 1 aromatic heterocycles. The molecule has 0 radical (unpaired) electrons. The van der Waals surface area contributed by atoms with Gasteiger partial charge in [-0.25, -0.2) is 26.9 Å². The highest BCUT2D eigenvalue weighted by Gasteiger charge is 2.77. The van der Waals surface area contributed by atoms with Crippen LogP contribution in [-0.4, -0.2) is 43.4 Å². The number of halogens is 7. The Balaban J connectivity index is 1.30. The third-order valence-electron chi connectivity index (χ3n) is 10.4. The summed E-state index contributed by atoms with van der Waals surface area (Å²) in [4.78, 5) is 52.8. The quantitative estimate of drug-likeness (QED) is 0.0844. The summed E-state index contributed by atoms with van der Waals surface area (Å²) in [5.41, 5.74) is -0.916. The third-order valence-corrected chi connectivity index (χ3v) is 12.6. The fourth-order valence-corrected chi connectivity index (χ4v) is 9.80. The summed E-state index contributed by atoms with van der Waals surface area (Å²) >= 11 is 15.7. The van der Waals surface area contributed by atoms with Gasteiger partial charge in [-0.2, -0.15) is 0 Å². The van der Waals surface area contributed by atoms with Crippen LogP contribution in [0.3, 0.4) is 0 Å². The van der Waals surface area contributed by atoms with E-state index in [1.54, 1.807) is 23.6 Å². The van der Waals surface area contributed by atoms with Gasteiger partial charge in [-0.3, -0.25) is 24.1 Å². The molecule has 1 saturated carbocycles. The van der Waals surface area contributed by atoms with E-state index in [0.29, 0.717) is 16.9 Å². The van der Waals surface area contributed by atoms with Crippen molar-refractivity contribution in [1.82, 2.24) is 4.90 Å². The number of allylic oxidation sites excluding steroid dienone is 3. The molecule has 0 bridgehead atoms. The van der Waals surface area contributed by atoms with Gasteiger partial charge in [0.05, 0.1) is 24.6 Å². The van der Waals surface area contributed by atoms with Gasteiger partial charge in [0.15, 0.2) is 33.0 Å². The molecular formula is C34H21Cl2F5N2O6S. The standard InChI is InChI=1S/C34H21Cl2F5N2O6S/c35-33-10-19-17(4-5-18-21(19)30(46)42(29(18)45)11-16-2-1-7-50-16)22(14-8-13-9-15(44)3-6-20(13)49-12-14)34(33,36)32(48)43(31(33)47)28-26(40)24(38)23(37)25(39)27(28)41/h1-4,6-7,9,12,18-19,21-22,44H,5,8,10-11H2. The van der Waals surface area contributed by atoms with Gasteiger partial charge in [-0.1, -0.05) is 17.7 Å². The molecule has 0 spiro atoms. The lowest BCUT2D eigenvalue weighted by Crippen LogP contribution is -2.61. The Bertz CT molecular complexity index is 2120. The molecule has 4 amide bonds. The van der Waals surface area contributed by atoms with Gasteiger partial charge >= 0.3 is 0 Å². The molecule has 50 heavy (non-hydrogen) atoms. The van der Waals surface area contributed by atoms with Crippen LogP contribution in [-0.2, 0) is 32.1 Å². The maximum Gasteiger partial charge on any atom is 0.258 e. The van der Waals surface area contributed by atoms with Gasteiger partial charge in [0.25, 0.3) is 11.8 Å². The van der Waals surface area contributed by atoms with Gasteiger partial charge in [0.1, 0.15) is 17.2 Å². The van der Waals surface area contributed by atoms with E-state index < -0.39 is 98.2 Å². The third kappa shape index (κ3) is 4.21. The number of nitrogens with zero attached hydrogens (tertiary/aromatic N) is 2. The second-order valence-electron chi connectivity index (χ2n) is 12.8. The Morgan fingerprint density at radius 3 is 2.30 bits per heavy atom. The highest BCUT2D eigenvalue weighted by Crippen LogP contribution is 2.65. The molecular weight excluding hydrogens is 730 g/mol. The zero-order chi connectivity index (χ0) is 35.6. The van der Waals surface area contributed by atoms with Crippen molar-refractivity contribution in [2.75, 3.05) is 4.90 Å². The van der Waals surface area contributed by atoms with Gasteiger partial charge in [-0.05, 0) is 54.0 Å². The van der Waals surface area contributed by atoms with Crippen LogP contribution in [0.4, 0.5) is 27.6 Å². The minimum absolute atomic E-state index is 0.00993. The molecule has 4 heterocycles. The van der Waals surface area contributed by atoms with Crippen molar-refractivity contribution in [3.8, 4) is 11.5 Å². The number of ether oxygens (including phenoxy) is 1. The van der Waals surface area contributed by atoms with Crippen LogP contribution >= 0.6 is 34.5 Å². The number of phenols is 1. The van der Waals surface area contributed by atoms with E-state index >= 15 is 8.78 Å². The Kier molecular flexibility index (Phi) is 7.31. The largest absolute Gasteiger partial charge is 0.508 e. The molecule has 5 aliphatic rings. The van der Waals surface area contributed by atoms with E-state index in [2.05, 4.69) is 0 Å². The molecule has 16 heteroatoms. The van der Waals surface area contributed by atoms with E-state index in [1.807, 2.05) is 0 Å². The molecule has 6 unspecified atom stereocenters. The molecule has 8 nitrogen and oxygen atoms in total. The number of thiophene rings is 1. The summed E-state index contributed by atoms with van der Waals surface area (Å²) in [6.45, 7) is -0.00993. The van der Waals surface area contributed by atoms with Crippen LogP contribution < -0.4 is 9.64 Å². The number of rotatable bonds is 4. The Hall–Kier alpha value is -4.27. The molecule has 6 atom stereocenters. The first-order chi connectivity index (χ1) is 23.7. The molecule has 2 aromatic carbocycles. The summed E-state index contributed by atoms with van der Waals surface area (Å²) in [6.07, 6.45) is 2.22. The number of alkyl halides is 2. The summed E-state index contributed by atoms with van der Waals surface area (Å²) in [5, 5.41) is 12.0. The SMILES string of the molecule is O=C1C2CC=C3C(CC4(Cl)C(=O)N(c5c(F)c(F)c(F)c(F)c5F)C(=O)C4(Cl)C3C3=COc4ccc(O)cc4C3)C2C(=O)N1Cc1cccs1. The number of carbonyl (C=O) groups excluding carboxylic acids is 4. The van der Waals surface area contributed by atoms with Crippen molar-refractivity contribution in [1.29, 1.82) is 0 Å². The zero-order valence-electron chi connectivity index (χ0n) is 25.2. The zero-order valence-corrected chi connectivity index (χ0v) is 27.5. The fourth-order valence-electron chi connectivity index (χ4n) is 8.16. The van der Waals surface area contributed by atoms with Crippen molar-refractivity contribution in [2.24, 2.45) is 23.7 Å². The average molecular weight is 752 g/mol. The van der Waals surface area contributed by atoms with E-state index in [1.165, 1.54) is 35.8 Å². The molecule has 2 aliphatic carbocycles. The lowest BCUT2D eigenvalue weighted by atomic mass is 9.56. The molecule has 2 saturated heterocycles. The van der Waals surface area contributed by atoms with Crippen LogP contribution in [0.5, 0.6) is 11.5 Å². The highest BCUT2D eigenvalue weighted by molar-refractivity contribution is 7.09.